The first-order valence-electron chi connectivity index (χ1n) is 12.8. The predicted octanol–water partition coefficient (Wildman–Crippen LogP) is -0.376. The minimum atomic E-state index is -1.51. The number of methoxy groups -OCH3 is 1. The number of nitrogens with zero attached hydrogens (tertiary/aromatic N) is 5. The number of piperazine rings is 1. The third-order valence-electron chi connectivity index (χ3n) is 7.16. The minimum absolute atomic E-state index is 0. The van der Waals surface area contributed by atoms with Crippen LogP contribution in [0.25, 0.3) is 11.0 Å². The summed E-state index contributed by atoms with van der Waals surface area (Å²) in [4.78, 5) is 22.7. The van der Waals surface area contributed by atoms with E-state index >= 15 is 0 Å². The number of rotatable bonds is 12. The fourth-order valence-electron chi connectivity index (χ4n) is 4.73. The van der Waals surface area contributed by atoms with E-state index in [1.165, 1.54) is 0 Å². The zero-order valence-electron chi connectivity index (χ0n) is 23.3. The number of ether oxygens (including phenoxy) is 3. The topological polar surface area (TPSA) is 95.8 Å². The second-order valence-electron chi connectivity index (χ2n) is 10.3. The van der Waals surface area contributed by atoms with Gasteiger partial charge in [0.1, 0.15) is 12.5 Å². The van der Waals surface area contributed by atoms with Gasteiger partial charge in [0.2, 0.25) is 11.4 Å². The first kappa shape index (κ1) is 31.4. The largest absolute Gasteiger partial charge is 1.00 e. The predicted molar refractivity (Wildman–Crippen MR) is 145 cm³/mol. The second kappa shape index (κ2) is 14.0. The Morgan fingerprint density at radius 3 is 2.59 bits per heavy atom. The number of hydrogen-bond donors (Lipinski definition) is 0. The molecule has 2 aromatic heterocycles. The molecule has 0 bridgehead atoms. The van der Waals surface area contributed by atoms with Gasteiger partial charge in [0.05, 0.1) is 67.6 Å². The average molecular weight is 672 g/mol. The van der Waals surface area contributed by atoms with E-state index in [4.69, 9.17) is 14.2 Å². The molecule has 0 saturated carbocycles. The highest BCUT2D eigenvalue weighted by molar-refractivity contribution is 7.84. The Kier molecular flexibility index (Phi) is 11.2. The van der Waals surface area contributed by atoms with E-state index in [0.29, 0.717) is 29.3 Å². The highest BCUT2D eigenvalue weighted by atomic mass is 127. The van der Waals surface area contributed by atoms with E-state index in [1.54, 1.807) is 17.9 Å². The number of likely N-dealkylation sites (N-methyl/N-ethyl adjacent to an activating group) is 1. The van der Waals surface area contributed by atoms with Gasteiger partial charge in [-0.1, -0.05) is 12.1 Å². The van der Waals surface area contributed by atoms with Crippen LogP contribution in [0.4, 0.5) is 0 Å². The third kappa shape index (κ3) is 7.75. The molecular formula is C27H38IN5O5S. The first-order valence-corrected chi connectivity index (χ1v) is 14.1. The van der Waals surface area contributed by atoms with Crippen molar-refractivity contribution in [3.8, 4) is 5.75 Å². The molecule has 3 heterocycles. The van der Waals surface area contributed by atoms with Gasteiger partial charge in [-0.2, -0.15) is 0 Å². The maximum Gasteiger partial charge on any atom is 0.295 e. The summed E-state index contributed by atoms with van der Waals surface area (Å²) in [7, 11) is 4.59. The summed E-state index contributed by atoms with van der Waals surface area (Å²) in [6.07, 6.45) is 1.56. The summed E-state index contributed by atoms with van der Waals surface area (Å²) in [6.45, 7) is 9.23. The molecule has 1 aliphatic heterocycles. The number of fused-ring (bicyclic) bond motifs is 1. The minimum Gasteiger partial charge on any atom is -1.00 e. The maximum atomic E-state index is 13.6. The van der Waals surface area contributed by atoms with Crippen LogP contribution in [0.3, 0.4) is 0 Å². The zero-order valence-corrected chi connectivity index (χ0v) is 26.2. The number of imidazole rings is 1. The molecule has 10 nitrogen and oxygen atoms in total. The van der Waals surface area contributed by atoms with Crippen LogP contribution < -0.4 is 28.7 Å². The third-order valence-corrected chi connectivity index (χ3v) is 8.42. The number of pyridine rings is 1. The van der Waals surface area contributed by atoms with Crippen molar-refractivity contribution in [2.24, 2.45) is 0 Å². The van der Waals surface area contributed by atoms with E-state index in [1.807, 2.05) is 38.1 Å². The lowest BCUT2D eigenvalue weighted by atomic mass is 10.1. The molecule has 0 aliphatic carbocycles. The molecule has 1 fully saturated rings. The number of para-hydroxylation sites is 2. The molecule has 1 aromatic carbocycles. The van der Waals surface area contributed by atoms with Gasteiger partial charge >= 0.3 is 0 Å². The summed E-state index contributed by atoms with van der Waals surface area (Å²) >= 11 is 0. The lowest BCUT2D eigenvalue weighted by molar-refractivity contribution is -0.894. The molecule has 0 spiro atoms. The molecule has 3 aromatic rings. The number of carbonyl (C=O) groups excluding carboxylic acids is 1. The van der Waals surface area contributed by atoms with Gasteiger partial charge < -0.3 is 42.7 Å². The van der Waals surface area contributed by atoms with E-state index in [-0.39, 0.29) is 36.5 Å². The van der Waals surface area contributed by atoms with Crippen molar-refractivity contribution in [3.05, 3.63) is 47.3 Å². The Hall–Kier alpha value is -2.13. The highest BCUT2D eigenvalue weighted by Crippen LogP contribution is 2.27. The van der Waals surface area contributed by atoms with Crippen LogP contribution in [0.2, 0.25) is 0 Å². The van der Waals surface area contributed by atoms with Crippen LogP contribution in [0.15, 0.2) is 35.6 Å². The van der Waals surface area contributed by atoms with Gasteiger partial charge in [-0.05, 0) is 26.0 Å². The van der Waals surface area contributed by atoms with Crippen molar-refractivity contribution in [1.29, 1.82) is 0 Å². The van der Waals surface area contributed by atoms with Crippen LogP contribution >= 0.6 is 0 Å². The van der Waals surface area contributed by atoms with Crippen molar-refractivity contribution in [2.45, 2.75) is 44.2 Å². The number of aromatic nitrogens is 3. The molecule has 4 rings (SSSR count). The Labute approximate surface area is 249 Å². The fraction of sp³-hybridized carbons (Fsp3) is 0.519. The molecule has 39 heavy (non-hydrogen) atoms. The number of halogens is 1. The average Bonchev–Trinajstić information content (AvgIpc) is 3.27. The number of benzene rings is 1. The molecule has 0 radical (unpaired) electrons. The van der Waals surface area contributed by atoms with Crippen LogP contribution in [0, 0.1) is 13.8 Å². The SMILES string of the molecule is COc1c(C)cnc(CS(=O)c2nc3ccccc3n2COC(CCN2CC[N+](C)(C)CC2)OC=O)c1C.[I-]. The van der Waals surface area contributed by atoms with Crippen molar-refractivity contribution in [2.75, 3.05) is 53.9 Å². The van der Waals surface area contributed by atoms with Gasteiger partial charge in [0.15, 0.2) is 0 Å². The number of aryl methyl sites for hydroxylation is 1. The van der Waals surface area contributed by atoms with Gasteiger partial charge in [0.25, 0.3) is 6.47 Å². The number of quaternary nitrogens is 1. The number of hydrogen-bond acceptors (Lipinski definition) is 8. The fourth-order valence-corrected chi connectivity index (χ4v) is 5.99. The Morgan fingerprint density at radius 2 is 1.90 bits per heavy atom. The first-order chi connectivity index (χ1) is 18.2. The molecule has 214 valence electrons. The Balaban J connectivity index is 0.00000420. The molecule has 1 aliphatic rings. The summed E-state index contributed by atoms with van der Waals surface area (Å²) in [5.41, 5.74) is 3.99. The van der Waals surface area contributed by atoms with Crippen molar-refractivity contribution in [3.63, 3.8) is 0 Å². The van der Waals surface area contributed by atoms with Crippen molar-refractivity contribution >= 4 is 28.3 Å². The molecule has 1 saturated heterocycles. The van der Waals surface area contributed by atoms with E-state index < -0.39 is 17.1 Å². The number of carbonyl (C=O) groups is 1. The molecule has 0 amide bonds. The Morgan fingerprint density at radius 1 is 1.18 bits per heavy atom. The highest BCUT2D eigenvalue weighted by Gasteiger charge is 2.25. The van der Waals surface area contributed by atoms with Crippen LogP contribution in [-0.2, 0) is 37.6 Å². The lowest BCUT2D eigenvalue weighted by Crippen LogP contribution is -3.00. The standard InChI is InChI=1S/C27H38N5O5S.HI/c1-20-16-28-23(21(2)26(20)35-5)17-38(34)27-29-22-8-6-7-9-24(22)31(27)18-36-25(37-19-33)10-11-30-12-14-32(3,4)15-13-30;/h6-9,16,19,25H,10-15,17-18H2,1-5H3;1H/q+1;/p-1. The van der Waals surface area contributed by atoms with Crippen LogP contribution in [0.1, 0.15) is 23.2 Å². The normalized spacial score (nSPS) is 16.8. The summed E-state index contributed by atoms with van der Waals surface area (Å²) in [5, 5.41) is 0.382. The van der Waals surface area contributed by atoms with Gasteiger partial charge in [-0.15, -0.1) is 0 Å². The molecular weight excluding hydrogens is 633 g/mol. The lowest BCUT2D eigenvalue weighted by Gasteiger charge is -2.39. The smallest absolute Gasteiger partial charge is 0.295 e. The molecule has 12 heteroatoms. The van der Waals surface area contributed by atoms with Gasteiger partial charge in [0, 0.05) is 43.4 Å². The molecule has 2 unspecified atom stereocenters. The summed E-state index contributed by atoms with van der Waals surface area (Å²) in [6, 6.07) is 7.58. The second-order valence-corrected chi connectivity index (χ2v) is 11.7. The quantitative estimate of drug-likeness (QED) is 0.112. The molecule has 0 N–H and O–H groups in total. The Bertz CT molecular complexity index is 1290. The zero-order chi connectivity index (χ0) is 27.3. The van der Waals surface area contributed by atoms with Crippen molar-refractivity contribution < 1.29 is 51.7 Å². The maximum absolute atomic E-state index is 13.6. The van der Waals surface area contributed by atoms with E-state index in [0.717, 1.165) is 59.6 Å². The monoisotopic (exact) mass is 671 g/mol. The summed E-state index contributed by atoms with van der Waals surface area (Å²) in [5.74, 6) is 0.929. The van der Waals surface area contributed by atoms with Gasteiger partial charge in [-0.3, -0.25) is 23.5 Å². The van der Waals surface area contributed by atoms with Crippen LogP contribution in [-0.4, -0.2) is 94.8 Å². The van der Waals surface area contributed by atoms with Gasteiger partial charge in [-0.25, -0.2) is 4.98 Å². The molecule has 2 atom stereocenters. The van der Waals surface area contributed by atoms with Crippen molar-refractivity contribution in [1.82, 2.24) is 19.4 Å². The van der Waals surface area contributed by atoms with E-state index in [9.17, 15) is 9.00 Å². The van der Waals surface area contributed by atoms with Crippen LogP contribution in [0.5, 0.6) is 5.75 Å². The van der Waals surface area contributed by atoms with E-state index in [2.05, 4.69) is 29.0 Å². The summed E-state index contributed by atoms with van der Waals surface area (Å²) < 4.78 is 33.2.